The third-order valence-electron chi connectivity index (χ3n) is 5.20. The van der Waals surface area contributed by atoms with Gasteiger partial charge in [-0.3, -0.25) is 19.1 Å². The van der Waals surface area contributed by atoms with Crippen molar-refractivity contribution in [1.29, 1.82) is 0 Å². The standard InChI is InChI=1S/C24H24N6O4S/c1-14-4-5-15(2)19(10-14)26-22(32)13-35-24-29-28-20(11-16-12-21(31)27-23(33)25-16)30(24)17-6-8-18(34-3)9-7-17/h4-10,12H,11,13H2,1-3H3,(H,26,32)(H2,25,27,31,33). The molecule has 2 heterocycles. The molecule has 0 unspecified atom stereocenters. The molecule has 4 rings (SSSR count). The number of aromatic nitrogens is 5. The molecule has 35 heavy (non-hydrogen) atoms. The molecule has 0 aliphatic carbocycles. The summed E-state index contributed by atoms with van der Waals surface area (Å²) in [6.07, 6.45) is 0.160. The summed E-state index contributed by atoms with van der Waals surface area (Å²) in [6.45, 7) is 3.91. The highest BCUT2D eigenvalue weighted by Crippen LogP contribution is 2.25. The van der Waals surface area contributed by atoms with Gasteiger partial charge in [-0.2, -0.15) is 0 Å². The highest BCUT2D eigenvalue weighted by Gasteiger charge is 2.17. The van der Waals surface area contributed by atoms with E-state index in [0.29, 0.717) is 22.4 Å². The number of carbonyl (C=O) groups excluding carboxylic acids is 1. The van der Waals surface area contributed by atoms with Gasteiger partial charge < -0.3 is 15.0 Å². The Morgan fingerprint density at radius 2 is 1.83 bits per heavy atom. The van der Waals surface area contributed by atoms with E-state index in [4.69, 9.17) is 4.74 Å². The summed E-state index contributed by atoms with van der Waals surface area (Å²) < 4.78 is 7.03. The molecule has 0 fully saturated rings. The summed E-state index contributed by atoms with van der Waals surface area (Å²) in [5.74, 6) is 1.12. The van der Waals surface area contributed by atoms with Crippen molar-refractivity contribution >= 4 is 23.4 Å². The molecule has 0 saturated heterocycles. The quantitative estimate of drug-likeness (QED) is 0.322. The summed E-state index contributed by atoms with van der Waals surface area (Å²) in [4.78, 5) is 40.8. The number of amides is 1. The fraction of sp³-hybridized carbons (Fsp3) is 0.208. The molecule has 2 aromatic heterocycles. The second-order valence-corrected chi connectivity index (χ2v) is 8.82. The van der Waals surface area contributed by atoms with Crippen LogP contribution >= 0.6 is 11.8 Å². The van der Waals surface area contributed by atoms with E-state index >= 15 is 0 Å². The maximum atomic E-state index is 12.7. The molecule has 0 radical (unpaired) electrons. The van der Waals surface area contributed by atoms with E-state index in [-0.39, 0.29) is 18.1 Å². The number of H-pyrrole nitrogens is 2. The number of aryl methyl sites for hydroxylation is 2. The molecule has 0 spiro atoms. The highest BCUT2D eigenvalue weighted by molar-refractivity contribution is 7.99. The molecule has 4 aromatic rings. The van der Waals surface area contributed by atoms with Gasteiger partial charge in [0.2, 0.25) is 5.91 Å². The number of nitrogens with one attached hydrogen (secondary N) is 3. The zero-order chi connectivity index (χ0) is 24.9. The van der Waals surface area contributed by atoms with E-state index in [2.05, 4.69) is 25.5 Å². The van der Waals surface area contributed by atoms with E-state index in [1.807, 2.05) is 44.2 Å². The van der Waals surface area contributed by atoms with Crippen LogP contribution < -0.4 is 21.3 Å². The molecule has 1 amide bonds. The van der Waals surface area contributed by atoms with Gasteiger partial charge in [-0.1, -0.05) is 23.9 Å². The van der Waals surface area contributed by atoms with Crippen LogP contribution in [0.3, 0.4) is 0 Å². The van der Waals surface area contributed by atoms with Crippen molar-refractivity contribution in [3.05, 3.63) is 92.0 Å². The minimum Gasteiger partial charge on any atom is -0.497 e. The summed E-state index contributed by atoms with van der Waals surface area (Å²) >= 11 is 1.23. The van der Waals surface area contributed by atoms with Crippen molar-refractivity contribution in [1.82, 2.24) is 24.7 Å². The molecule has 0 atom stereocenters. The van der Waals surface area contributed by atoms with Crippen LogP contribution in [-0.2, 0) is 11.2 Å². The summed E-state index contributed by atoms with van der Waals surface area (Å²) in [5.41, 5.74) is 2.84. The van der Waals surface area contributed by atoms with Crippen molar-refractivity contribution < 1.29 is 9.53 Å². The van der Waals surface area contributed by atoms with Crippen molar-refractivity contribution in [2.24, 2.45) is 0 Å². The smallest absolute Gasteiger partial charge is 0.325 e. The first-order chi connectivity index (χ1) is 16.8. The van der Waals surface area contributed by atoms with Gasteiger partial charge in [0.1, 0.15) is 11.6 Å². The second-order valence-electron chi connectivity index (χ2n) is 7.88. The van der Waals surface area contributed by atoms with E-state index in [1.165, 1.54) is 17.8 Å². The van der Waals surface area contributed by atoms with Crippen LogP contribution in [-0.4, -0.2) is 43.5 Å². The summed E-state index contributed by atoms with van der Waals surface area (Å²) in [6, 6.07) is 14.5. The van der Waals surface area contributed by atoms with Gasteiger partial charge in [0.25, 0.3) is 5.56 Å². The van der Waals surface area contributed by atoms with E-state index in [1.54, 1.807) is 23.8 Å². The van der Waals surface area contributed by atoms with Crippen LogP contribution in [0.1, 0.15) is 22.6 Å². The van der Waals surface area contributed by atoms with Crippen LogP contribution in [0.4, 0.5) is 5.69 Å². The Bertz CT molecular complexity index is 1440. The topological polar surface area (TPSA) is 135 Å². The van der Waals surface area contributed by atoms with E-state index < -0.39 is 11.2 Å². The maximum absolute atomic E-state index is 12.7. The number of thioether (sulfide) groups is 1. The Balaban J connectivity index is 1.60. The lowest BCUT2D eigenvalue weighted by atomic mass is 10.1. The van der Waals surface area contributed by atoms with Gasteiger partial charge in [-0.05, 0) is 55.3 Å². The Labute approximate surface area is 204 Å². The Kier molecular flexibility index (Phi) is 7.16. The zero-order valence-corrected chi connectivity index (χ0v) is 20.2. The predicted molar refractivity (Wildman–Crippen MR) is 134 cm³/mol. The van der Waals surface area contributed by atoms with E-state index in [0.717, 1.165) is 22.5 Å². The number of carbonyl (C=O) groups is 1. The molecule has 0 saturated carbocycles. The lowest BCUT2D eigenvalue weighted by Crippen LogP contribution is -2.23. The van der Waals surface area contributed by atoms with Gasteiger partial charge in [-0.15, -0.1) is 10.2 Å². The normalized spacial score (nSPS) is 10.8. The van der Waals surface area contributed by atoms with Crippen LogP contribution in [0, 0.1) is 13.8 Å². The number of anilines is 1. The molecule has 0 aliphatic heterocycles. The maximum Gasteiger partial charge on any atom is 0.325 e. The largest absolute Gasteiger partial charge is 0.497 e. The lowest BCUT2D eigenvalue weighted by molar-refractivity contribution is -0.113. The van der Waals surface area contributed by atoms with Gasteiger partial charge >= 0.3 is 5.69 Å². The first-order valence-electron chi connectivity index (χ1n) is 10.7. The number of hydrogen-bond donors (Lipinski definition) is 3. The second kappa shape index (κ2) is 10.4. The first-order valence-corrected chi connectivity index (χ1v) is 11.7. The van der Waals surface area contributed by atoms with Crippen molar-refractivity contribution in [2.75, 3.05) is 18.2 Å². The van der Waals surface area contributed by atoms with Crippen LogP contribution in [0.2, 0.25) is 0 Å². The third-order valence-corrected chi connectivity index (χ3v) is 6.12. The summed E-state index contributed by atoms with van der Waals surface area (Å²) in [7, 11) is 1.58. The molecule has 3 N–H and O–H groups in total. The zero-order valence-electron chi connectivity index (χ0n) is 19.4. The molecule has 11 heteroatoms. The van der Waals surface area contributed by atoms with Crippen LogP contribution in [0.25, 0.3) is 5.69 Å². The van der Waals surface area contributed by atoms with Gasteiger partial charge in [0.15, 0.2) is 5.16 Å². The molecular formula is C24H24N6O4S. The fourth-order valence-electron chi connectivity index (χ4n) is 3.47. The highest BCUT2D eigenvalue weighted by atomic mass is 32.2. The van der Waals surface area contributed by atoms with Crippen molar-refractivity contribution in [3.63, 3.8) is 0 Å². The van der Waals surface area contributed by atoms with Gasteiger partial charge in [0.05, 0.1) is 12.9 Å². The number of nitrogens with zero attached hydrogens (tertiary/aromatic N) is 3. The third kappa shape index (κ3) is 5.87. The fourth-order valence-corrected chi connectivity index (χ4v) is 4.24. The molecule has 180 valence electrons. The number of aromatic amines is 2. The average molecular weight is 493 g/mol. The number of methoxy groups -OCH3 is 1. The molecule has 0 aliphatic rings. The van der Waals surface area contributed by atoms with Crippen LogP contribution in [0.5, 0.6) is 5.75 Å². The Hall–Kier alpha value is -4.12. The van der Waals surface area contributed by atoms with Crippen molar-refractivity contribution in [2.45, 2.75) is 25.4 Å². The van der Waals surface area contributed by atoms with Crippen LogP contribution in [0.15, 0.2) is 63.3 Å². The monoisotopic (exact) mass is 492 g/mol. The Morgan fingerprint density at radius 3 is 2.54 bits per heavy atom. The number of benzene rings is 2. The Morgan fingerprint density at radius 1 is 1.06 bits per heavy atom. The molecule has 2 aromatic carbocycles. The number of ether oxygens (including phenoxy) is 1. The predicted octanol–water partition coefficient (Wildman–Crippen LogP) is 2.59. The van der Waals surface area contributed by atoms with Gasteiger partial charge in [0, 0.05) is 29.6 Å². The van der Waals surface area contributed by atoms with Gasteiger partial charge in [-0.25, -0.2) is 4.79 Å². The minimum atomic E-state index is -0.597. The molecular weight excluding hydrogens is 468 g/mol. The summed E-state index contributed by atoms with van der Waals surface area (Å²) in [5, 5.41) is 12.0. The van der Waals surface area contributed by atoms with Crippen molar-refractivity contribution in [3.8, 4) is 11.4 Å². The average Bonchev–Trinajstić information content (AvgIpc) is 3.21. The number of rotatable bonds is 8. The first kappa shape index (κ1) is 24.0. The van der Waals surface area contributed by atoms with E-state index in [9.17, 15) is 14.4 Å². The SMILES string of the molecule is COc1ccc(-n2c(Cc3cc(=O)[nH]c(=O)[nH]3)nnc2SCC(=O)Nc2cc(C)ccc2C)cc1. The lowest BCUT2D eigenvalue weighted by Gasteiger charge is -2.12. The minimum absolute atomic E-state index is 0.115. The molecule has 10 nitrogen and oxygen atoms in total. The number of hydrogen-bond acceptors (Lipinski definition) is 7. The molecule has 0 bridgehead atoms.